The van der Waals surface area contributed by atoms with E-state index in [2.05, 4.69) is 10.6 Å². The smallest absolute Gasteiger partial charge is 0.146 e. The predicted octanol–water partition coefficient (Wildman–Crippen LogP) is 0.789. The van der Waals surface area contributed by atoms with Crippen molar-refractivity contribution in [3.05, 3.63) is 0 Å². The van der Waals surface area contributed by atoms with Gasteiger partial charge in [0.05, 0.1) is 12.1 Å². The molecule has 6 N–H and O–H groups in total. The maximum absolute atomic E-state index is 10.6. The van der Waals surface area contributed by atoms with Crippen LogP contribution in [0.15, 0.2) is 0 Å². The van der Waals surface area contributed by atoms with Crippen molar-refractivity contribution in [3.63, 3.8) is 0 Å². The van der Waals surface area contributed by atoms with Crippen LogP contribution in [0.2, 0.25) is 0 Å². The van der Waals surface area contributed by atoms with E-state index in [0.29, 0.717) is 0 Å². The van der Waals surface area contributed by atoms with Crippen molar-refractivity contribution in [2.45, 2.75) is 51.6 Å². The maximum atomic E-state index is 10.6. The summed E-state index contributed by atoms with van der Waals surface area (Å²) in [5.74, 6) is 0.159. The summed E-state index contributed by atoms with van der Waals surface area (Å²) in [7, 11) is 3.78. The quantitative estimate of drug-likeness (QED) is 0.444. The predicted molar refractivity (Wildman–Crippen MR) is 92.1 cm³/mol. The van der Waals surface area contributed by atoms with Gasteiger partial charge in [-0.25, -0.2) is 0 Å². The first-order valence-corrected chi connectivity index (χ1v) is 7.18. The van der Waals surface area contributed by atoms with Crippen LogP contribution in [0.1, 0.15) is 48.3 Å². The van der Waals surface area contributed by atoms with Crippen LogP contribution in [0.25, 0.3) is 0 Å². The fourth-order valence-corrected chi connectivity index (χ4v) is 1.40. The Kier molecular flexibility index (Phi) is 12.6. The topological polar surface area (TPSA) is 110 Å². The van der Waals surface area contributed by atoms with Crippen molar-refractivity contribution in [3.8, 4) is 0 Å². The SMILES string of the molecule is CNCCCC(N)C(C)=O.CNCCCC(N)C(C)=O.[2HH].[2HH].[2H][2H].[2H][2H]. The number of carbonyl (C=O) groups excluding carboxylic acids is 2. The van der Waals surface area contributed by atoms with Gasteiger partial charge in [0.2, 0.25) is 0 Å². The third-order valence-corrected chi connectivity index (χ3v) is 2.93. The Balaban J connectivity index is -0.0000000604. The molecule has 0 aliphatic heterocycles. The highest BCUT2D eigenvalue weighted by Gasteiger charge is 2.06. The van der Waals surface area contributed by atoms with Gasteiger partial charge in [0.15, 0.2) is 0 Å². The zero-order valence-electron chi connectivity index (χ0n) is 17.4. The zero-order valence-corrected chi connectivity index (χ0v) is 13.4. The number of nitrogens with two attached hydrogens (primary N) is 2. The minimum absolute atomic E-state index is 0. The molecule has 0 spiro atoms. The van der Waals surface area contributed by atoms with Gasteiger partial charge < -0.3 is 22.1 Å². The molecule has 0 aliphatic rings. The monoisotopic (exact) mass is 302 g/mol. The van der Waals surface area contributed by atoms with Gasteiger partial charge in [-0.2, -0.15) is 0 Å². The Hall–Kier alpha value is -0.820. The molecule has 0 radical (unpaired) electrons. The number of ketones is 2. The van der Waals surface area contributed by atoms with Crippen molar-refractivity contribution in [2.75, 3.05) is 27.2 Å². The van der Waals surface area contributed by atoms with Crippen molar-refractivity contribution >= 4 is 11.6 Å². The lowest BCUT2D eigenvalue weighted by Crippen LogP contribution is -2.28. The van der Waals surface area contributed by atoms with Crippen LogP contribution in [0, 0.1) is 0 Å². The third kappa shape index (κ3) is 15.2. The van der Waals surface area contributed by atoms with Crippen LogP contribution in [0.4, 0.5) is 0 Å². The number of rotatable bonds is 10. The van der Waals surface area contributed by atoms with Crippen molar-refractivity contribution in [1.29, 1.82) is 0 Å². The molecular weight excluding hydrogens is 256 g/mol. The number of hydrogen-bond acceptors (Lipinski definition) is 6. The molecule has 6 nitrogen and oxygen atoms in total. The first-order chi connectivity index (χ1) is 11.4. The van der Waals surface area contributed by atoms with E-state index >= 15 is 0 Å². The van der Waals surface area contributed by atoms with Gasteiger partial charge in [0.1, 0.15) is 11.6 Å². The van der Waals surface area contributed by atoms with Crippen LogP contribution in [0.3, 0.4) is 0 Å². The third-order valence-electron chi connectivity index (χ3n) is 2.93. The van der Waals surface area contributed by atoms with Crippen LogP contribution in [-0.4, -0.2) is 50.8 Å². The van der Waals surface area contributed by atoms with Gasteiger partial charge in [0.25, 0.3) is 0 Å². The first kappa shape index (κ1) is 17.2. The van der Waals surface area contributed by atoms with Gasteiger partial charge in [-0.1, -0.05) is 0 Å². The summed E-state index contributed by atoms with van der Waals surface area (Å²) in [4.78, 5) is 21.2. The summed E-state index contributed by atoms with van der Waals surface area (Å²) < 4.78 is 20.0. The lowest BCUT2D eigenvalue weighted by atomic mass is 10.1. The van der Waals surface area contributed by atoms with Crippen molar-refractivity contribution in [2.24, 2.45) is 11.5 Å². The van der Waals surface area contributed by atoms with Crippen LogP contribution < -0.4 is 22.1 Å². The molecule has 0 aromatic carbocycles. The molecule has 0 fully saturated rings. The Morgan fingerprint density at radius 1 is 0.950 bits per heavy atom. The molecule has 2 atom stereocenters. The van der Waals surface area contributed by atoms with E-state index in [-0.39, 0.29) is 26.5 Å². The van der Waals surface area contributed by atoms with E-state index in [1.807, 2.05) is 14.1 Å². The molecule has 0 aliphatic carbocycles. The lowest BCUT2D eigenvalue weighted by molar-refractivity contribution is -0.119. The molecule has 0 bridgehead atoms. The van der Waals surface area contributed by atoms with E-state index < -0.39 is 0 Å². The molecule has 0 aromatic rings. The second kappa shape index (κ2) is 14.6. The Morgan fingerprint density at radius 3 is 1.45 bits per heavy atom. The summed E-state index contributed by atoms with van der Waals surface area (Å²) >= 11 is 0. The molecule has 128 valence electrons. The fraction of sp³-hybridized carbons (Fsp3) is 0.857. The highest BCUT2D eigenvalue weighted by Crippen LogP contribution is 1.94. The van der Waals surface area contributed by atoms with E-state index in [4.69, 9.17) is 17.4 Å². The van der Waals surface area contributed by atoms with Crippen LogP contribution in [0.5, 0.6) is 0 Å². The van der Waals surface area contributed by atoms with E-state index in [1.54, 1.807) is 0 Å². The van der Waals surface area contributed by atoms with E-state index in [9.17, 15) is 9.59 Å². The van der Waals surface area contributed by atoms with Gasteiger partial charge in [0, 0.05) is 8.79 Å². The highest BCUT2D eigenvalue weighted by atomic mass is 16.1. The standard InChI is InChI=1S/2C7H16N2O.4H2/c2*1-6(10)7(8)4-3-5-9-2;;;;/h2*7,9H,3-5,8H2,1-2H3;4*1H/i;;2*1+1D;2*1+1. The summed E-state index contributed by atoms with van der Waals surface area (Å²) in [6, 6.07) is -0.512. The van der Waals surface area contributed by atoms with Crippen LogP contribution >= 0.6 is 0 Å². The minimum atomic E-state index is -0.256. The average molecular weight is 303 g/mol. The Labute approximate surface area is 132 Å². The molecule has 20 heavy (non-hydrogen) atoms. The summed E-state index contributed by atoms with van der Waals surface area (Å²) in [5.41, 5.74) is 11.0. The van der Waals surface area contributed by atoms with Gasteiger partial charge in [-0.15, -0.1) is 0 Å². The molecule has 0 saturated carbocycles. The van der Waals surface area contributed by atoms with Gasteiger partial charge in [-0.3, -0.25) is 9.59 Å². The first-order valence-electron chi connectivity index (χ1n) is 9.18. The van der Waals surface area contributed by atoms with Gasteiger partial charge in [-0.05, 0) is 66.7 Å². The fourth-order valence-electron chi connectivity index (χ4n) is 1.40. The lowest BCUT2D eigenvalue weighted by Gasteiger charge is -2.05. The Bertz CT molecular complexity index is 254. The average Bonchev–Trinajstić information content (AvgIpc) is 2.59. The minimum Gasteiger partial charge on any atom is -0.322 e. The summed E-state index contributed by atoms with van der Waals surface area (Å²) in [5, 5.41) is 5.99. The molecular formula is C14H40N4O2. The van der Waals surface area contributed by atoms with E-state index in [1.165, 1.54) is 13.8 Å². The summed E-state index contributed by atoms with van der Waals surface area (Å²) in [6.45, 7) is 4.93. The summed E-state index contributed by atoms with van der Waals surface area (Å²) in [6.07, 6.45) is 3.51. The van der Waals surface area contributed by atoms with Crippen molar-refractivity contribution < 1.29 is 18.4 Å². The molecule has 0 heterocycles. The molecule has 2 unspecified atom stereocenters. The number of carbonyl (C=O) groups is 2. The van der Waals surface area contributed by atoms with Gasteiger partial charge >= 0.3 is 0 Å². The molecule has 0 aromatic heterocycles. The van der Waals surface area contributed by atoms with E-state index in [0.717, 1.165) is 38.8 Å². The largest absolute Gasteiger partial charge is 0.322 e. The number of nitrogens with one attached hydrogen (secondary N) is 2. The Morgan fingerprint density at radius 2 is 1.25 bits per heavy atom. The highest BCUT2D eigenvalue weighted by molar-refractivity contribution is 5.81. The van der Waals surface area contributed by atoms with Crippen molar-refractivity contribution in [1.82, 2.24) is 10.6 Å². The van der Waals surface area contributed by atoms with Crippen LogP contribution in [-0.2, 0) is 9.59 Å². The molecule has 0 amide bonds. The number of Topliss-reactive ketones (excluding diaryl/α,β-unsaturated/α-hetero) is 2. The molecule has 6 heteroatoms. The molecule has 0 saturated heterocycles. The maximum Gasteiger partial charge on any atom is 0.146 e. The normalized spacial score (nSPS) is 13.9. The molecule has 0 rings (SSSR count). The zero-order chi connectivity index (χ0) is 20.0. The second-order valence-electron chi connectivity index (χ2n) is 4.93. The number of hydrogen-bond donors (Lipinski definition) is 4. The second-order valence-corrected chi connectivity index (χ2v) is 4.93.